The number of hydrogen-bond donors (Lipinski definition) is 2. The number of carbonyl (C=O) groups excluding carboxylic acids is 1. The van der Waals surface area contributed by atoms with E-state index < -0.39 is 0 Å². The zero-order valence-corrected chi connectivity index (χ0v) is 12.6. The number of nitrogens with zero attached hydrogens (tertiary/aromatic N) is 1. The molecule has 1 aliphatic heterocycles. The number of hydrogen-bond acceptors (Lipinski definition) is 4. The Morgan fingerprint density at radius 1 is 1.37 bits per heavy atom. The van der Waals surface area contributed by atoms with Gasteiger partial charge < -0.3 is 11.1 Å². The van der Waals surface area contributed by atoms with Crippen LogP contribution in [-0.2, 0) is 4.79 Å². The van der Waals surface area contributed by atoms with Crippen LogP contribution in [0.1, 0.15) is 46.5 Å². The van der Waals surface area contributed by atoms with Crippen molar-refractivity contribution in [3.8, 4) is 0 Å². The monoisotopic (exact) mass is 267 g/mol. The van der Waals surface area contributed by atoms with Crippen LogP contribution >= 0.6 is 0 Å². The molecule has 0 radical (unpaired) electrons. The van der Waals surface area contributed by atoms with Crippen molar-refractivity contribution in [1.82, 2.24) is 10.2 Å². The molecular formula is C15H29N3O. The highest BCUT2D eigenvalue weighted by Crippen LogP contribution is 2.30. The molecule has 1 aliphatic carbocycles. The van der Waals surface area contributed by atoms with Crippen molar-refractivity contribution in [3.05, 3.63) is 0 Å². The fourth-order valence-corrected chi connectivity index (χ4v) is 3.80. The van der Waals surface area contributed by atoms with Crippen molar-refractivity contribution >= 4 is 5.78 Å². The van der Waals surface area contributed by atoms with E-state index in [0.29, 0.717) is 12.0 Å². The molecule has 0 aromatic carbocycles. The number of rotatable bonds is 4. The number of nitrogens with one attached hydrogen (secondary N) is 1. The second-order valence-corrected chi connectivity index (χ2v) is 6.59. The predicted octanol–water partition coefficient (Wildman–Crippen LogP) is 1.35. The van der Waals surface area contributed by atoms with Gasteiger partial charge in [0.05, 0.1) is 12.1 Å². The summed E-state index contributed by atoms with van der Waals surface area (Å²) in [6.07, 6.45) is 5.33. The Balaban J connectivity index is 2.16. The third-order valence-electron chi connectivity index (χ3n) is 4.72. The molecule has 1 saturated carbocycles. The second-order valence-electron chi connectivity index (χ2n) is 6.59. The van der Waals surface area contributed by atoms with Crippen LogP contribution in [0.3, 0.4) is 0 Å². The Hall–Kier alpha value is -0.450. The maximum Gasteiger partial charge on any atom is 0.137 e. The molecule has 0 amide bonds. The van der Waals surface area contributed by atoms with Crippen LogP contribution in [0.5, 0.6) is 0 Å². The van der Waals surface area contributed by atoms with Crippen molar-refractivity contribution in [1.29, 1.82) is 0 Å². The van der Waals surface area contributed by atoms with Crippen LogP contribution in [0, 0.1) is 11.8 Å². The minimum atomic E-state index is -0.0905. The lowest BCUT2D eigenvalue weighted by Gasteiger charge is -2.46. The highest BCUT2D eigenvalue weighted by Gasteiger charge is 2.39. The molecule has 0 spiro atoms. The molecule has 1 saturated heterocycles. The first-order valence-corrected chi connectivity index (χ1v) is 7.76. The number of ketones is 1. The van der Waals surface area contributed by atoms with E-state index in [1.807, 2.05) is 6.92 Å². The fourth-order valence-electron chi connectivity index (χ4n) is 3.80. The first kappa shape index (κ1) is 14.9. The molecule has 2 rings (SSSR count). The second kappa shape index (κ2) is 6.33. The van der Waals surface area contributed by atoms with E-state index in [1.165, 1.54) is 25.7 Å². The molecule has 4 nitrogen and oxygen atoms in total. The minimum absolute atomic E-state index is 0.0897. The Kier molecular flexibility index (Phi) is 4.98. The summed E-state index contributed by atoms with van der Waals surface area (Å²) in [7, 11) is 0. The molecule has 0 aromatic heterocycles. The van der Waals surface area contributed by atoms with Crippen molar-refractivity contribution in [2.75, 3.05) is 13.1 Å². The van der Waals surface area contributed by atoms with Gasteiger partial charge in [0.25, 0.3) is 0 Å². The molecule has 2 fully saturated rings. The predicted molar refractivity (Wildman–Crippen MR) is 77.7 cm³/mol. The minimum Gasteiger partial charge on any atom is -0.327 e. The van der Waals surface area contributed by atoms with E-state index in [-0.39, 0.29) is 23.9 Å². The number of nitrogens with two attached hydrogens (primary N) is 1. The van der Waals surface area contributed by atoms with Gasteiger partial charge in [0.2, 0.25) is 0 Å². The van der Waals surface area contributed by atoms with Gasteiger partial charge in [-0.3, -0.25) is 9.69 Å². The summed E-state index contributed by atoms with van der Waals surface area (Å²) in [6, 6.07) is 0.549. The molecule has 2 aliphatic rings. The molecule has 0 aromatic rings. The van der Waals surface area contributed by atoms with E-state index in [4.69, 9.17) is 5.73 Å². The SMILES string of the molecule is CC(=O)C(C(C)N)C1NCC(C)CN1C1CCCC1. The van der Waals surface area contributed by atoms with Gasteiger partial charge in [0.15, 0.2) is 0 Å². The summed E-state index contributed by atoms with van der Waals surface area (Å²) in [4.78, 5) is 14.5. The van der Waals surface area contributed by atoms with Gasteiger partial charge in [-0.15, -0.1) is 0 Å². The largest absolute Gasteiger partial charge is 0.327 e. The lowest BCUT2D eigenvalue weighted by Crippen LogP contribution is -2.64. The molecule has 1 heterocycles. The van der Waals surface area contributed by atoms with Crippen LogP contribution in [0.15, 0.2) is 0 Å². The molecule has 110 valence electrons. The maximum atomic E-state index is 12.0. The summed E-state index contributed by atoms with van der Waals surface area (Å²) in [5, 5.41) is 3.58. The van der Waals surface area contributed by atoms with Crippen LogP contribution in [0.4, 0.5) is 0 Å². The average molecular weight is 267 g/mol. The Morgan fingerprint density at radius 3 is 2.53 bits per heavy atom. The highest BCUT2D eigenvalue weighted by molar-refractivity contribution is 5.79. The third kappa shape index (κ3) is 3.36. The zero-order valence-electron chi connectivity index (χ0n) is 12.6. The van der Waals surface area contributed by atoms with Crippen molar-refractivity contribution < 1.29 is 4.79 Å². The molecule has 4 heteroatoms. The van der Waals surface area contributed by atoms with E-state index in [9.17, 15) is 4.79 Å². The summed E-state index contributed by atoms with van der Waals surface area (Å²) < 4.78 is 0. The summed E-state index contributed by atoms with van der Waals surface area (Å²) in [5.74, 6) is 0.774. The summed E-state index contributed by atoms with van der Waals surface area (Å²) >= 11 is 0. The number of carbonyl (C=O) groups is 1. The smallest absolute Gasteiger partial charge is 0.137 e. The quantitative estimate of drug-likeness (QED) is 0.807. The first-order valence-electron chi connectivity index (χ1n) is 7.76. The van der Waals surface area contributed by atoms with Crippen molar-refractivity contribution in [2.45, 2.75) is 64.7 Å². The number of Topliss-reactive ketones (excluding diaryl/α,β-unsaturated/α-hetero) is 1. The first-order chi connectivity index (χ1) is 9.00. The Labute approximate surface area is 117 Å². The molecule has 19 heavy (non-hydrogen) atoms. The Morgan fingerprint density at radius 2 is 2.00 bits per heavy atom. The lowest BCUT2D eigenvalue weighted by molar-refractivity contribution is -0.125. The van der Waals surface area contributed by atoms with Gasteiger partial charge in [0.1, 0.15) is 5.78 Å². The van der Waals surface area contributed by atoms with Crippen molar-refractivity contribution in [3.63, 3.8) is 0 Å². The van der Waals surface area contributed by atoms with E-state index in [0.717, 1.165) is 13.1 Å². The van der Waals surface area contributed by atoms with Crippen LogP contribution in [-0.4, -0.2) is 42.0 Å². The highest BCUT2D eigenvalue weighted by atomic mass is 16.1. The molecule has 3 N–H and O–H groups in total. The van der Waals surface area contributed by atoms with E-state index in [1.54, 1.807) is 6.92 Å². The van der Waals surface area contributed by atoms with Gasteiger partial charge in [-0.05, 0) is 32.6 Å². The third-order valence-corrected chi connectivity index (χ3v) is 4.72. The van der Waals surface area contributed by atoms with Gasteiger partial charge in [-0.25, -0.2) is 0 Å². The average Bonchev–Trinajstić information content (AvgIpc) is 2.83. The van der Waals surface area contributed by atoms with E-state index in [2.05, 4.69) is 17.1 Å². The topological polar surface area (TPSA) is 58.4 Å². The zero-order chi connectivity index (χ0) is 14.0. The van der Waals surface area contributed by atoms with Gasteiger partial charge in [0, 0.05) is 25.2 Å². The lowest BCUT2D eigenvalue weighted by atomic mass is 9.89. The van der Waals surface area contributed by atoms with Crippen LogP contribution < -0.4 is 11.1 Å². The van der Waals surface area contributed by atoms with Gasteiger partial charge in [-0.1, -0.05) is 19.8 Å². The standard InChI is InChI=1S/C15H29N3O/c1-10-8-17-15(14(11(2)16)12(3)19)18(9-10)13-6-4-5-7-13/h10-11,13-15,17H,4-9,16H2,1-3H3. The van der Waals surface area contributed by atoms with Crippen molar-refractivity contribution in [2.24, 2.45) is 17.6 Å². The van der Waals surface area contributed by atoms with Crippen LogP contribution in [0.2, 0.25) is 0 Å². The molecule has 4 atom stereocenters. The summed E-state index contributed by atoms with van der Waals surface area (Å²) in [6.45, 7) is 8.00. The van der Waals surface area contributed by atoms with Gasteiger partial charge >= 0.3 is 0 Å². The summed E-state index contributed by atoms with van der Waals surface area (Å²) in [5.41, 5.74) is 6.08. The normalized spacial score (nSPS) is 33.3. The Bertz CT molecular complexity index is 313. The maximum absolute atomic E-state index is 12.0. The molecular weight excluding hydrogens is 238 g/mol. The van der Waals surface area contributed by atoms with Crippen LogP contribution in [0.25, 0.3) is 0 Å². The van der Waals surface area contributed by atoms with Gasteiger partial charge in [-0.2, -0.15) is 0 Å². The molecule has 0 bridgehead atoms. The fraction of sp³-hybridized carbons (Fsp3) is 0.933. The van der Waals surface area contributed by atoms with E-state index >= 15 is 0 Å². The molecule has 4 unspecified atom stereocenters.